The van der Waals surface area contributed by atoms with Crippen molar-refractivity contribution in [2.45, 2.75) is 45.1 Å². The molecule has 74 valence electrons. The zero-order valence-electron chi connectivity index (χ0n) is 7.64. The Bertz CT molecular complexity index is 117. The van der Waals surface area contributed by atoms with Crippen LogP contribution in [0.5, 0.6) is 0 Å². The topological polar surface area (TPSA) is 86.7 Å². The van der Waals surface area contributed by atoms with E-state index in [1.807, 2.05) is 13.8 Å². The maximum absolute atomic E-state index is 9.39. The highest BCUT2D eigenvalue weighted by Crippen LogP contribution is 2.09. The third-order valence-corrected chi connectivity index (χ3v) is 1.93. The monoisotopic (exact) mass is 177 g/mol. The van der Waals surface area contributed by atoms with Crippen LogP contribution in [0, 0.1) is 5.92 Å². The molecule has 0 bridgehead atoms. The van der Waals surface area contributed by atoms with Crippen molar-refractivity contribution in [1.82, 2.24) is 0 Å². The van der Waals surface area contributed by atoms with Gasteiger partial charge in [0.15, 0.2) is 6.29 Å². The van der Waals surface area contributed by atoms with Gasteiger partial charge in [0, 0.05) is 12.5 Å². The van der Waals surface area contributed by atoms with Crippen molar-refractivity contribution in [1.29, 1.82) is 0 Å². The first-order chi connectivity index (χ1) is 5.45. The van der Waals surface area contributed by atoms with E-state index < -0.39 is 12.4 Å². The van der Waals surface area contributed by atoms with Crippen LogP contribution >= 0.6 is 0 Å². The third-order valence-electron chi connectivity index (χ3n) is 1.93. The lowest BCUT2D eigenvalue weighted by atomic mass is 9.96. The van der Waals surface area contributed by atoms with E-state index in [1.165, 1.54) is 0 Å². The van der Waals surface area contributed by atoms with Gasteiger partial charge >= 0.3 is 0 Å². The molecule has 0 aliphatic carbocycles. The normalized spacial score (nSPS) is 17.0. The van der Waals surface area contributed by atoms with Crippen molar-refractivity contribution in [3.8, 4) is 0 Å². The number of hydrogen-bond donors (Lipinski definition) is 4. The van der Waals surface area contributed by atoms with Gasteiger partial charge in [0.05, 0.1) is 6.10 Å². The molecule has 0 spiro atoms. The van der Waals surface area contributed by atoms with Crippen molar-refractivity contribution >= 4 is 0 Å². The molecular weight excluding hydrogens is 158 g/mol. The number of hydrogen-bond acceptors (Lipinski definition) is 4. The van der Waals surface area contributed by atoms with Gasteiger partial charge < -0.3 is 21.1 Å². The van der Waals surface area contributed by atoms with Crippen LogP contribution < -0.4 is 5.73 Å². The van der Waals surface area contributed by atoms with E-state index in [1.54, 1.807) is 0 Å². The predicted octanol–water partition coefficient (Wildman–Crippen LogP) is -0.579. The van der Waals surface area contributed by atoms with E-state index in [2.05, 4.69) is 0 Å². The average Bonchev–Trinajstić information content (AvgIpc) is 1.98. The second-order valence-electron chi connectivity index (χ2n) is 3.45. The van der Waals surface area contributed by atoms with Gasteiger partial charge in [-0.1, -0.05) is 13.8 Å². The molecule has 0 radical (unpaired) electrons. The summed E-state index contributed by atoms with van der Waals surface area (Å²) in [5.41, 5.74) is 5.63. The SMILES string of the molecule is CC(C)C(N)C(O)CCC(O)O. The molecule has 0 fully saturated rings. The molecule has 0 aliphatic rings. The zero-order chi connectivity index (χ0) is 9.72. The van der Waals surface area contributed by atoms with E-state index in [4.69, 9.17) is 15.9 Å². The molecule has 4 heteroatoms. The van der Waals surface area contributed by atoms with Crippen molar-refractivity contribution in [3.63, 3.8) is 0 Å². The quantitative estimate of drug-likeness (QED) is 0.423. The Morgan fingerprint density at radius 1 is 1.08 bits per heavy atom. The summed E-state index contributed by atoms with van der Waals surface area (Å²) >= 11 is 0. The Labute approximate surface area is 73.0 Å². The summed E-state index contributed by atoms with van der Waals surface area (Å²) < 4.78 is 0. The number of rotatable bonds is 5. The number of aliphatic hydroxyl groups excluding tert-OH is 2. The van der Waals surface area contributed by atoms with Crippen molar-refractivity contribution in [2.75, 3.05) is 0 Å². The van der Waals surface area contributed by atoms with Gasteiger partial charge in [0.25, 0.3) is 0 Å². The van der Waals surface area contributed by atoms with Gasteiger partial charge in [-0.2, -0.15) is 0 Å². The first-order valence-electron chi connectivity index (χ1n) is 4.25. The van der Waals surface area contributed by atoms with Crippen molar-refractivity contribution < 1.29 is 15.3 Å². The lowest BCUT2D eigenvalue weighted by Crippen LogP contribution is -2.39. The standard InChI is InChI=1S/C8H19NO3/c1-5(2)8(9)6(10)3-4-7(11)12/h5-8,10-12H,3-4,9H2,1-2H3. The van der Waals surface area contributed by atoms with Crippen molar-refractivity contribution in [3.05, 3.63) is 0 Å². The van der Waals surface area contributed by atoms with E-state index in [9.17, 15) is 5.11 Å². The average molecular weight is 177 g/mol. The van der Waals surface area contributed by atoms with Crippen LogP contribution in [0.4, 0.5) is 0 Å². The fourth-order valence-electron chi connectivity index (χ4n) is 0.957. The Morgan fingerprint density at radius 3 is 1.92 bits per heavy atom. The Kier molecular flexibility index (Phi) is 5.41. The van der Waals surface area contributed by atoms with E-state index in [-0.39, 0.29) is 18.4 Å². The molecule has 4 nitrogen and oxygen atoms in total. The molecule has 0 heterocycles. The van der Waals surface area contributed by atoms with Crippen LogP contribution in [-0.4, -0.2) is 33.8 Å². The summed E-state index contributed by atoms with van der Waals surface area (Å²) in [4.78, 5) is 0. The highest BCUT2D eigenvalue weighted by molar-refractivity contribution is 4.74. The highest BCUT2D eigenvalue weighted by Gasteiger charge is 2.18. The summed E-state index contributed by atoms with van der Waals surface area (Å²) in [7, 11) is 0. The smallest absolute Gasteiger partial charge is 0.151 e. The summed E-state index contributed by atoms with van der Waals surface area (Å²) in [5.74, 6) is 0.204. The maximum atomic E-state index is 9.39. The minimum Gasteiger partial charge on any atom is -0.392 e. The minimum atomic E-state index is -1.35. The molecular formula is C8H19NO3. The van der Waals surface area contributed by atoms with Crippen LogP contribution in [0.15, 0.2) is 0 Å². The first-order valence-corrected chi connectivity index (χ1v) is 4.25. The predicted molar refractivity (Wildman–Crippen MR) is 46.3 cm³/mol. The Balaban J connectivity index is 3.64. The summed E-state index contributed by atoms with van der Waals surface area (Å²) in [6, 6.07) is -0.288. The van der Waals surface area contributed by atoms with Gasteiger partial charge in [0.1, 0.15) is 0 Å². The van der Waals surface area contributed by atoms with Crippen LogP contribution in [-0.2, 0) is 0 Å². The fraction of sp³-hybridized carbons (Fsp3) is 1.00. The molecule has 12 heavy (non-hydrogen) atoms. The molecule has 0 rings (SSSR count). The zero-order valence-corrected chi connectivity index (χ0v) is 7.64. The van der Waals surface area contributed by atoms with Crippen LogP contribution in [0.2, 0.25) is 0 Å². The van der Waals surface area contributed by atoms with Gasteiger partial charge in [-0.15, -0.1) is 0 Å². The van der Waals surface area contributed by atoms with E-state index in [0.717, 1.165) is 0 Å². The second-order valence-corrected chi connectivity index (χ2v) is 3.45. The van der Waals surface area contributed by atoms with Crippen LogP contribution in [0.3, 0.4) is 0 Å². The Morgan fingerprint density at radius 2 is 1.58 bits per heavy atom. The molecule has 0 aromatic carbocycles. The van der Waals surface area contributed by atoms with Gasteiger partial charge in [0.2, 0.25) is 0 Å². The fourth-order valence-corrected chi connectivity index (χ4v) is 0.957. The lowest BCUT2D eigenvalue weighted by Gasteiger charge is -2.22. The van der Waals surface area contributed by atoms with Crippen molar-refractivity contribution in [2.24, 2.45) is 11.7 Å². The molecule has 0 aromatic heterocycles. The van der Waals surface area contributed by atoms with Crippen LogP contribution in [0.25, 0.3) is 0 Å². The first kappa shape index (κ1) is 11.8. The second kappa shape index (κ2) is 5.48. The van der Waals surface area contributed by atoms with E-state index >= 15 is 0 Å². The minimum absolute atomic E-state index is 0.168. The molecule has 0 saturated carbocycles. The largest absolute Gasteiger partial charge is 0.392 e. The molecule has 2 atom stereocenters. The highest BCUT2D eigenvalue weighted by atomic mass is 16.5. The molecule has 0 aliphatic heterocycles. The van der Waals surface area contributed by atoms with Gasteiger partial charge in [-0.05, 0) is 12.3 Å². The molecule has 0 aromatic rings. The number of nitrogens with two attached hydrogens (primary N) is 1. The maximum Gasteiger partial charge on any atom is 0.151 e. The number of aliphatic hydroxyl groups is 3. The molecule has 2 unspecified atom stereocenters. The van der Waals surface area contributed by atoms with Gasteiger partial charge in [-0.3, -0.25) is 0 Å². The van der Waals surface area contributed by atoms with E-state index in [0.29, 0.717) is 6.42 Å². The Hall–Kier alpha value is -0.160. The summed E-state index contributed by atoms with van der Waals surface area (Å²) in [6.07, 6.45) is -1.50. The summed E-state index contributed by atoms with van der Waals surface area (Å²) in [6.45, 7) is 3.84. The molecule has 0 saturated heterocycles. The van der Waals surface area contributed by atoms with Crippen LogP contribution in [0.1, 0.15) is 26.7 Å². The molecule has 5 N–H and O–H groups in total. The summed E-state index contributed by atoms with van der Waals surface area (Å²) in [5, 5.41) is 26.4. The third kappa shape index (κ3) is 4.66. The molecule has 0 amide bonds. The van der Waals surface area contributed by atoms with Gasteiger partial charge in [-0.25, -0.2) is 0 Å². The lowest BCUT2D eigenvalue weighted by molar-refractivity contribution is -0.0549.